The van der Waals surface area contributed by atoms with Gasteiger partial charge >= 0.3 is 0 Å². The Hall–Kier alpha value is -1.39. The van der Waals surface area contributed by atoms with E-state index < -0.39 is 0 Å². The molecule has 4 heteroatoms. The molecule has 0 aromatic heterocycles. The Balaban J connectivity index is 1.65. The summed E-state index contributed by atoms with van der Waals surface area (Å²) in [6.45, 7) is 4.14. The summed E-state index contributed by atoms with van der Waals surface area (Å²) in [5.41, 5.74) is 3.60. The van der Waals surface area contributed by atoms with E-state index in [-0.39, 0.29) is 12.5 Å². The smallest absolute Gasteiger partial charge is 0.253 e. The number of fused-ring (bicyclic) bond motifs is 1. The first-order valence-corrected chi connectivity index (χ1v) is 7.52. The van der Waals surface area contributed by atoms with Crippen molar-refractivity contribution in [3.8, 4) is 0 Å². The topological polar surface area (TPSA) is 43.8 Å². The number of hydrogen-bond donors (Lipinski definition) is 1. The number of carbonyl (C=O) groups excluding carboxylic acids is 1. The first-order chi connectivity index (χ1) is 9.78. The average Bonchev–Trinajstić information content (AvgIpc) is 2.95. The lowest BCUT2D eigenvalue weighted by Gasteiger charge is -2.34. The Bertz CT molecular complexity index is 493. The molecule has 3 rings (SSSR count). The van der Waals surface area contributed by atoms with Crippen molar-refractivity contribution in [1.82, 2.24) is 9.80 Å². The summed E-state index contributed by atoms with van der Waals surface area (Å²) < 4.78 is 0. The lowest BCUT2D eigenvalue weighted by atomic mass is 10.1. The fraction of sp³-hybridized carbons (Fsp3) is 0.562. The highest BCUT2D eigenvalue weighted by Crippen LogP contribution is 2.23. The maximum atomic E-state index is 12.5. The second-order valence-corrected chi connectivity index (χ2v) is 5.69. The lowest BCUT2D eigenvalue weighted by molar-refractivity contribution is 0.0615. The SMILES string of the molecule is O=C(c1ccc2c(c1)CCC2)N1CCN(CCO)CC1. The summed E-state index contributed by atoms with van der Waals surface area (Å²) in [6, 6.07) is 6.19. The lowest BCUT2D eigenvalue weighted by Crippen LogP contribution is -2.49. The zero-order chi connectivity index (χ0) is 13.9. The van der Waals surface area contributed by atoms with Gasteiger partial charge in [0.2, 0.25) is 0 Å². The minimum atomic E-state index is 0.156. The number of carbonyl (C=O) groups is 1. The predicted molar refractivity (Wildman–Crippen MR) is 77.9 cm³/mol. The first kappa shape index (κ1) is 13.6. The fourth-order valence-corrected chi connectivity index (χ4v) is 3.20. The first-order valence-electron chi connectivity index (χ1n) is 7.52. The Morgan fingerprint density at radius 2 is 1.85 bits per heavy atom. The van der Waals surface area contributed by atoms with Crippen LogP contribution >= 0.6 is 0 Å². The largest absolute Gasteiger partial charge is 0.395 e. The van der Waals surface area contributed by atoms with Crippen molar-refractivity contribution in [2.75, 3.05) is 39.3 Å². The van der Waals surface area contributed by atoms with E-state index in [0.717, 1.165) is 44.6 Å². The van der Waals surface area contributed by atoms with Gasteiger partial charge in [0, 0.05) is 38.3 Å². The number of aliphatic hydroxyl groups is 1. The van der Waals surface area contributed by atoms with Crippen molar-refractivity contribution < 1.29 is 9.90 Å². The number of nitrogens with zero attached hydrogens (tertiary/aromatic N) is 2. The highest BCUT2D eigenvalue weighted by atomic mass is 16.3. The van der Waals surface area contributed by atoms with E-state index in [1.54, 1.807) is 0 Å². The highest BCUT2D eigenvalue weighted by molar-refractivity contribution is 5.94. The van der Waals surface area contributed by atoms with Crippen molar-refractivity contribution in [2.45, 2.75) is 19.3 Å². The molecule has 1 N–H and O–H groups in total. The summed E-state index contributed by atoms with van der Waals surface area (Å²) in [4.78, 5) is 16.7. The Morgan fingerprint density at radius 1 is 1.10 bits per heavy atom. The number of aryl methyl sites for hydroxylation is 2. The maximum absolute atomic E-state index is 12.5. The van der Waals surface area contributed by atoms with Gasteiger partial charge in [-0.1, -0.05) is 6.07 Å². The van der Waals surface area contributed by atoms with Gasteiger partial charge in [0.05, 0.1) is 6.61 Å². The average molecular weight is 274 g/mol. The Kier molecular flexibility index (Phi) is 4.03. The molecule has 0 saturated carbocycles. The number of hydrogen-bond acceptors (Lipinski definition) is 3. The third-order valence-electron chi connectivity index (χ3n) is 4.42. The molecule has 1 aliphatic carbocycles. The number of rotatable bonds is 3. The van der Waals surface area contributed by atoms with Crippen LogP contribution in [0.4, 0.5) is 0 Å². The summed E-state index contributed by atoms with van der Waals surface area (Å²) in [5, 5.41) is 8.94. The third-order valence-corrected chi connectivity index (χ3v) is 4.42. The predicted octanol–water partition coefficient (Wildman–Crippen LogP) is 0.925. The van der Waals surface area contributed by atoms with E-state index in [1.165, 1.54) is 17.5 Å². The molecular formula is C16H22N2O2. The molecule has 1 aromatic carbocycles. The number of β-amino-alcohol motifs (C(OH)–C–C–N with tert-alkyl or cyclic N) is 1. The highest BCUT2D eigenvalue weighted by Gasteiger charge is 2.22. The number of aliphatic hydroxyl groups excluding tert-OH is 1. The molecule has 0 radical (unpaired) electrons. The second kappa shape index (κ2) is 5.94. The molecule has 108 valence electrons. The van der Waals surface area contributed by atoms with Gasteiger partial charge in [-0.3, -0.25) is 9.69 Å². The number of benzene rings is 1. The van der Waals surface area contributed by atoms with Crippen LogP contribution in [0.2, 0.25) is 0 Å². The minimum Gasteiger partial charge on any atom is -0.395 e. The minimum absolute atomic E-state index is 0.156. The zero-order valence-electron chi connectivity index (χ0n) is 11.8. The molecular weight excluding hydrogens is 252 g/mol. The van der Waals surface area contributed by atoms with Gasteiger partial charge in [-0.2, -0.15) is 0 Å². The van der Waals surface area contributed by atoms with E-state index in [9.17, 15) is 4.79 Å². The standard InChI is InChI=1S/C16H22N2O2/c19-11-10-17-6-8-18(9-7-17)16(20)15-5-4-13-2-1-3-14(13)12-15/h4-5,12,19H,1-3,6-11H2. The molecule has 1 heterocycles. The Labute approximate surface area is 120 Å². The van der Waals surface area contributed by atoms with E-state index in [2.05, 4.69) is 17.0 Å². The summed E-state index contributed by atoms with van der Waals surface area (Å²) >= 11 is 0. The molecule has 1 aliphatic heterocycles. The molecule has 0 atom stereocenters. The van der Waals surface area contributed by atoms with Crippen LogP contribution in [0.15, 0.2) is 18.2 Å². The van der Waals surface area contributed by atoms with Crippen LogP contribution in [0.1, 0.15) is 27.9 Å². The summed E-state index contributed by atoms with van der Waals surface area (Å²) in [7, 11) is 0. The van der Waals surface area contributed by atoms with Gasteiger partial charge in [-0.15, -0.1) is 0 Å². The van der Waals surface area contributed by atoms with Crippen molar-refractivity contribution in [1.29, 1.82) is 0 Å². The van der Waals surface area contributed by atoms with Crippen molar-refractivity contribution >= 4 is 5.91 Å². The van der Waals surface area contributed by atoms with Crippen molar-refractivity contribution in [3.05, 3.63) is 34.9 Å². The normalized spacial score (nSPS) is 19.1. The van der Waals surface area contributed by atoms with Crippen LogP contribution in [0.5, 0.6) is 0 Å². The number of piperazine rings is 1. The van der Waals surface area contributed by atoms with Crippen LogP contribution in [-0.4, -0.2) is 60.1 Å². The van der Waals surface area contributed by atoms with Gasteiger partial charge in [-0.25, -0.2) is 0 Å². The molecule has 0 bridgehead atoms. The van der Waals surface area contributed by atoms with Gasteiger partial charge in [0.15, 0.2) is 0 Å². The van der Waals surface area contributed by atoms with Crippen LogP contribution in [0.3, 0.4) is 0 Å². The van der Waals surface area contributed by atoms with E-state index >= 15 is 0 Å². The summed E-state index contributed by atoms with van der Waals surface area (Å²) in [5.74, 6) is 0.156. The summed E-state index contributed by atoms with van der Waals surface area (Å²) in [6.07, 6.45) is 3.48. The quantitative estimate of drug-likeness (QED) is 0.891. The molecule has 1 fully saturated rings. The monoisotopic (exact) mass is 274 g/mol. The maximum Gasteiger partial charge on any atom is 0.253 e. The Morgan fingerprint density at radius 3 is 2.60 bits per heavy atom. The van der Waals surface area contributed by atoms with Crippen LogP contribution in [0, 0.1) is 0 Å². The van der Waals surface area contributed by atoms with Crippen molar-refractivity contribution in [3.63, 3.8) is 0 Å². The molecule has 2 aliphatic rings. The molecule has 4 nitrogen and oxygen atoms in total. The molecule has 0 unspecified atom stereocenters. The second-order valence-electron chi connectivity index (χ2n) is 5.69. The molecule has 0 spiro atoms. The molecule has 1 amide bonds. The van der Waals surface area contributed by atoms with Gasteiger partial charge < -0.3 is 10.0 Å². The van der Waals surface area contributed by atoms with Crippen LogP contribution in [0.25, 0.3) is 0 Å². The fourth-order valence-electron chi connectivity index (χ4n) is 3.20. The van der Waals surface area contributed by atoms with Crippen LogP contribution in [-0.2, 0) is 12.8 Å². The van der Waals surface area contributed by atoms with Crippen LogP contribution < -0.4 is 0 Å². The van der Waals surface area contributed by atoms with E-state index in [0.29, 0.717) is 6.54 Å². The van der Waals surface area contributed by atoms with Gasteiger partial charge in [0.25, 0.3) is 5.91 Å². The molecule has 1 saturated heterocycles. The molecule has 20 heavy (non-hydrogen) atoms. The van der Waals surface area contributed by atoms with E-state index in [1.807, 2.05) is 11.0 Å². The molecule has 1 aromatic rings. The van der Waals surface area contributed by atoms with Gasteiger partial charge in [0.1, 0.15) is 0 Å². The number of amides is 1. The van der Waals surface area contributed by atoms with Crippen molar-refractivity contribution in [2.24, 2.45) is 0 Å². The van der Waals surface area contributed by atoms with Gasteiger partial charge in [-0.05, 0) is 42.5 Å². The van der Waals surface area contributed by atoms with E-state index in [4.69, 9.17) is 5.11 Å². The third kappa shape index (κ3) is 2.72. The zero-order valence-corrected chi connectivity index (χ0v) is 11.8.